The van der Waals surface area contributed by atoms with Crippen LogP contribution in [0.3, 0.4) is 0 Å². The summed E-state index contributed by atoms with van der Waals surface area (Å²) in [5.41, 5.74) is 7.69. The van der Waals surface area contributed by atoms with E-state index in [0.717, 1.165) is 17.5 Å². The average molecular weight is 389 g/mol. The van der Waals surface area contributed by atoms with Gasteiger partial charge in [-0.2, -0.15) is 0 Å². The van der Waals surface area contributed by atoms with E-state index in [1.165, 1.54) is 0 Å². The minimum Gasteiger partial charge on any atom is -0.340 e. The summed E-state index contributed by atoms with van der Waals surface area (Å²) in [7, 11) is 0. The maximum absolute atomic E-state index is 12.4. The van der Waals surface area contributed by atoms with Gasteiger partial charge in [-0.3, -0.25) is 4.79 Å². The molecule has 0 fully saturated rings. The molecule has 0 saturated carbocycles. The number of carbonyl (C=O) groups excluding carboxylic acids is 2. The van der Waals surface area contributed by atoms with Crippen molar-refractivity contribution in [3.8, 4) is 0 Å². The molecular weight excluding hydrogens is 364 g/mol. The van der Waals surface area contributed by atoms with E-state index < -0.39 is 6.03 Å². The van der Waals surface area contributed by atoms with Crippen LogP contribution in [-0.4, -0.2) is 43.0 Å². The minimum atomic E-state index is -0.394. The van der Waals surface area contributed by atoms with Gasteiger partial charge in [0, 0.05) is 31.2 Å². The van der Waals surface area contributed by atoms with Crippen LogP contribution in [0.2, 0.25) is 5.02 Å². The lowest BCUT2D eigenvalue weighted by atomic mass is 10.1. The first-order chi connectivity index (χ1) is 13.1. The Bertz CT molecular complexity index is 723. The lowest BCUT2D eigenvalue weighted by molar-refractivity contribution is -0.129. The van der Waals surface area contributed by atoms with Crippen LogP contribution in [0, 0.1) is 0 Å². The van der Waals surface area contributed by atoms with E-state index >= 15 is 0 Å². The lowest BCUT2D eigenvalue weighted by Crippen LogP contribution is -2.45. The second-order valence-corrected chi connectivity index (χ2v) is 6.50. The molecule has 27 heavy (non-hydrogen) atoms. The number of nitrogens with zero attached hydrogens (tertiary/aromatic N) is 1. The van der Waals surface area contributed by atoms with Crippen molar-refractivity contribution in [2.75, 3.05) is 26.2 Å². The fourth-order valence-electron chi connectivity index (χ4n) is 2.54. The molecule has 6 nitrogen and oxygen atoms in total. The Hall–Kier alpha value is -2.57. The first kappa shape index (κ1) is 20.7. The molecule has 0 radical (unpaired) electrons. The SMILES string of the molecule is NCCN(CCc1ccccc1)C(=O)CNC(=O)NCc1ccc(Cl)cc1. The number of hydrogen-bond donors (Lipinski definition) is 3. The van der Waals surface area contributed by atoms with Crippen molar-refractivity contribution in [1.82, 2.24) is 15.5 Å². The lowest BCUT2D eigenvalue weighted by Gasteiger charge is -2.22. The number of benzene rings is 2. The van der Waals surface area contributed by atoms with Gasteiger partial charge in [-0.05, 0) is 29.7 Å². The summed E-state index contributed by atoms with van der Waals surface area (Å²) in [4.78, 5) is 26.0. The van der Waals surface area contributed by atoms with Crippen molar-refractivity contribution in [3.05, 3.63) is 70.7 Å². The van der Waals surface area contributed by atoms with Gasteiger partial charge in [0.1, 0.15) is 0 Å². The fraction of sp³-hybridized carbons (Fsp3) is 0.300. The third-order valence-corrected chi connectivity index (χ3v) is 4.28. The number of carbonyl (C=O) groups is 2. The van der Waals surface area contributed by atoms with E-state index in [9.17, 15) is 9.59 Å². The zero-order valence-electron chi connectivity index (χ0n) is 15.2. The van der Waals surface area contributed by atoms with E-state index in [0.29, 0.717) is 31.2 Å². The summed E-state index contributed by atoms with van der Waals surface area (Å²) in [6.07, 6.45) is 0.745. The maximum atomic E-state index is 12.4. The first-order valence-corrected chi connectivity index (χ1v) is 9.24. The van der Waals surface area contributed by atoms with Crippen LogP contribution in [0.4, 0.5) is 4.79 Å². The number of halogens is 1. The van der Waals surface area contributed by atoms with Gasteiger partial charge in [0.05, 0.1) is 6.54 Å². The van der Waals surface area contributed by atoms with Gasteiger partial charge in [0.2, 0.25) is 5.91 Å². The Morgan fingerprint density at radius 2 is 1.63 bits per heavy atom. The monoisotopic (exact) mass is 388 g/mol. The number of rotatable bonds is 9. The molecule has 0 unspecified atom stereocenters. The Morgan fingerprint density at radius 3 is 2.30 bits per heavy atom. The third-order valence-electron chi connectivity index (χ3n) is 4.03. The van der Waals surface area contributed by atoms with Crippen molar-refractivity contribution >= 4 is 23.5 Å². The van der Waals surface area contributed by atoms with E-state index in [1.54, 1.807) is 17.0 Å². The quantitative estimate of drug-likeness (QED) is 0.615. The van der Waals surface area contributed by atoms with Gasteiger partial charge in [0.25, 0.3) is 0 Å². The number of amides is 3. The summed E-state index contributed by atoms with van der Waals surface area (Å²) >= 11 is 5.83. The highest BCUT2D eigenvalue weighted by molar-refractivity contribution is 6.30. The van der Waals surface area contributed by atoms with Crippen LogP contribution in [0.5, 0.6) is 0 Å². The molecule has 4 N–H and O–H groups in total. The van der Waals surface area contributed by atoms with E-state index in [-0.39, 0.29) is 12.5 Å². The molecule has 144 valence electrons. The topological polar surface area (TPSA) is 87.5 Å². The van der Waals surface area contributed by atoms with Crippen LogP contribution in [0.15, 0.2) is 54.6 Å². The summed E-state index contributed by atoms with van der Waals surface area (Å²) < 4.78 is 0. The third kappa shape index (κ3) is 7.68. The molecule has 0 bridgehead atoms. The Morgan fingerprint density at radius 1 is 0.926 bits per heavy atom. The predicted octanol–water partition coefficient (Wildman–Crippen LogP) is 2.17. The van der Waals surface area contributed by atoms with E-state index in [2.05, 4.69) is 10.6 Å². The second kappa shape index (κ2) is 11.2. The van der Waals surface area contributed by atoms with Crippen LogP contribution in [-0.2, 0) is 17.8 Å². The average Bonchev–Trinajstić information content (AvgIpc) is 2.69. The number of hydrogen-bond acceptors (Lipinski definition) is 3. The highest BCUT2D eigenvalue weighted by Gasteiger charge is 2.13. The number of nitrogens with one attached hydrogen (secondary N) is 2. The van der Waals surface area contributed by atoms with Crippen LogP contribution < -0.4 is 16.4 Å². The summed E-state index contributed by atoms with van der Waals surface area (Å²) in [6.45, 7) is 1.69. The highest BCUT2D eigenvalue weighted by atomic mass is 35.5. The number of nitrogens with two attached hydrogens (primary N) is 1. The molecular formula is C20H25ClN4O2. The van der Waals surface area contributed by atoms with Crippen molar-refractivity contribution in [2.24, 2.45) is 5.73 Å². The Balaban J connectivity index is 1.74. The largest absolute Gasteiger partial charge is 0.340 e. The molecule has 0 saturated heterocycles. The van der Waals surface area contributed by atoms with E-state index in [1.807, 2.05) is 42.5 Å². The minimum absolute atomic E-state index is 0.0682. The van der Waals surface area contributed by atoms with Crippen molar-refractivity contribution in [3.63, 3.8) is 0 Å². The molecule has 0 aliphatic heterocycles. The summed E-state index contributed by atoms with van der Waals surface area (Å²) in [5.74, 6) is -0.155. The number of urea groups is 1. The molecule has 0 aliphatic rings. The van der Waals surface area contributed by atoms with Crippen LogP contribution >= 0.6 is 11.6 Å². The molecule has 0 heterocycles. The first-order valence-electron chi connectivity index (χ1n) is 8.86. The van der Waals surface area contributed by atoms with Gasteiger partial charge in [-0.15, -0.1) is 0 Å². The molecule has 3 amide bonds. The normalized spacial score (nSPS) is 10.3. The Labute approximate surface area is 164 Å². The molecule has 0 atom stereocenters. The van der Waals surface area contributed by atoms with Crippen LogP contribution in [0.25, 0.3) is 0 Å². The predicted molar refractivity (Wildman–Crippen MR) is 107 cm³/mol. The molecule has 0 aromatic heterocycles. The zero-order valence-corrected chi connectivity index (χ0v) is 15.9. The molecule has 2 rings (SSSR count). The summed E-state index contributed by atoms with van der Waals surface area (Å²) in [6, 6.07) is 16.7. The van der Waals surface area contributed by atoms with Crippen molar-refractivity contribution in [1.29, 1.82) is 0 Å². The maximum Gasteiger partial charge on any atom is 0.315 e. The molecule has 0 spiro atoms. The smallest absolute Gasteiger partial charge is 0.315 e. The van der Waals surface area contributed by atoms with Crippen molar-refractivity contribution < 1.29 is 9.59 Å². The zero-order chi connectivity index (χ0) is 19.5. The molecule has 0 aliphatic carbocycles. The Kier molecular flexibility index (Phi) is 8.61. The molecule has 2 aromatic rings. The highest BCUT2D eigenvalue weighted by Crippen LogP contribution is 2.09. The summed E-state index contributed by atoms with van der Waals surface area (Å²) in [5, 5.41) is 5.95. The van der Waals surface area contributed by atoms with Gasteiger partial charge in [-0.1, -0.05) is 54.1 Å². The van der Waals surface area contributed by atoms with E-state index in [4.69, 9.17) is 17.3 Å². The van der Waals surface area contributed by atoms with Crippen LogP contribution in [0.1, 0.15) is 11.1 Å². The molecule has 7 heteroatoms. The van der Waals surface area contributed by atoms with Crippen molar-refractivity contribution in [2.45, 2.75) is 13.0 Å². The standard InChI is InChI=1S/C20H25ClN4O2/c21-18-8-6-17(7-9-18)14-23-20(27)24-15-19(26)25(13-11-22)12-10-16-4-2-1-3-5-16/h1-9H,10-15,22H2,(H2,23,24,27). The second-order valence-electron chi connectivity index (χ2n) is 6.07. The van der Waals surface area contributed by atoms with Gasteiger partial charge < -0.3 is 21.3 Å². The fourth-order valence-corrected chi connectivity index (χ4v) is 2.67. The molecule has 2 aromatic carbocycles. The van der Waals surface area contributed by atoms with Gasteiger partial charge >= 0.3 is 6.03 Å². The van der Waals surface area contributed by atoms with Gasteiger partial charge in [0.15, 0.2) is 0 Å². The van der Waals surface area contributed by atoms with Gasteiger partial charge in [-0.25, -0.2) is 4.79 Å².